The number of hydrogen-bond donors (Lipinski definition) is 0. The number of pyridine rings is 1. The van der Waals surface area contributed by atoms with Gasteiger partial charge in [-0.1, -0.05) is 18.2 Å². The summed E-state index contributed by atoms with van der Waals surface area (Å²) in [4.78, 5) is 21.3. The topological polar surface area (TPSA) is 64.1 Å². The lowest BCUT2D eigenvalue weighted by Crippen LogP contribution is -2.51. The first-order chi connectivity index (χ1) is 21.4. The monoisotopic (exact) mass is 605 g/mol. The Morgan fingerprint density at radius 3 is 2.45 bits per heavy atom. The van der Waals surface area contributed by atoms with Crippen LogP contribution in [0.25, 0.3) is 11.1 Å². The molecule has 4 heterocycles. The molecule has 3 aliphatic heterocycles. The van der Waals surface area contributed by atoms with Crippen LogP contribution in [0.15, 0.2) is 48.7 Å². The van der Waals surface area contributed by atoms with Gasteiger partial charge >= 0.3 is 5.97 Å². The first-order valence-electron chi connectivity index (χ1n) is 15.8. The van der Waals surface area contributed by atoms with Crippen molar-refractivity contribution in [2.75, 3.05) is 50.9 Å². The maximum atomic E-state index is 15.2. The van der Waals surface area contributed by atoms with E-state index in [9.17, 15) is 9.18 Å². The molecule has 7 nitrogen and oxygen atoms in total. The first-order valence-corrected chi connectivity index (χ1v) is 15.8. The van der Waals surface area contributed by atoms with E-state index in [0.717, 1.165) is 56.3 Å². The van der Waals surface area contributed by atoms with E-state index >= 15 is 4.39 Å². The smallest absolute Gasteiger partial charge is 0.309 e. The van der Waals surface area contributed by atoms with E-state index in [4.69, 9.17) is 14.2 Å². The Morgan fingerprint density at radius 2 is 1.77 bits per heavy atom. The molecule has 0 N–H and O–H groups in total. The summed E-state index contributed by atoms with van der Waals surface area (Å²) in [6.07, 6.45) is 5.24. The molecule has 9 heteroatoms. The van der Waals surface area contributed by atoms with Gasteiger partial charge in [-0.25, -0.2) is 13.8 Å². The third-order valence-corrected chi connectivity index (χ3v) is 9.38. The van der Waals surface area contributed by atoms with Crippen molar-refractivity contribution < 1.29 is 27.8 Å². The van der Waals surface area contributed by atoms with E-state index in [-0.39, 0.29) is 24.2 Å². The van der Waals surface area contributed by atoms with Crippen LogP contribution in [-0.2, 0) is 20.9 Å². The van der Waals surface area contributed by atoms with Gasteiger partial charge in [0.15, 0.2) is 11.6 Å². The van der Waals surface area contributed by atoms with Crippen LogP contribution in [-0.4, -0.2) is 67.9 Å². The van der Waals surface area contributed by atoms with E-state index in [2.05, 4.69) is 39.9 Å². The highest BCUT2D eigenvalue weighted by Crippen LogP contribution is 2.37. The molecule has 2 aromatic carbocycles. The molecule has 0 radical (unpaired) electrons. The van der Waals surface area contributed by atoms with Crippen molar-refractivity contribution in [3.63, 3.8) is 0 Å². The maximum absolute atomic E-state index is 15.2. The second-order valence-electron chi connectivity index (χ2n) is 12.2. The van der Waals surface area contributed by atoms with E-state index in [1.54, 1.807) is 12.3 Å². The van der Waals surface area contributed by atoms with Crippen LogP contribution in [0, 0.1) is 24.5 Å². The van der Waals surface area contributed by atoms with E-state index in [1.165, 1.54) is 11.6 Å². The third kappa shape index (κ3) is 6.74. The minimum Gasteiger partial charge on any atom is -0.485 e. The zero-order valence-corrected chi connectivity index (χ0v) is 25.6. The molecule has 6 rings (SSSR count). The number of likely N-dealkylation sites (tertiary alicyclic amines) is 1. The predicted molar refractivity (Wildman–Crippen MR) is 165 cm³/mol. The number of benzene rings is 2. The molecule has 0 saturated carbocycles. The van der Waals surface area contributed by atoms with Crippen LogP contribution in [0.5, 0.6) is 5.75 Å². The van der Waals surface area contributed by atoms with Gasteiger partial charge < -0.3 is 19.1 Å². The predicted octanol–water partition coefficient (Wildman–Crippen LogP) is 6.27. The lowest BCUT2D eigenvalue weighted by Gasteiger charge is -2.41. The van der Waals surface area contributed by atoms with E-state index in [1.807, 2.05) is 13.0 Å². The summed E-state index contributed by atoms with van der Waals surface area (Å²) in [5.74, 6) is -0.458. The number of halogens is 2. The number of carbonyl (C=O) groups is 1. The van der Waals surface area contributed by atoms with Crippen LogP contribution in [0.2, 0.25) is 0 Å². The van der Waals surface area contributed by atoms with Crippen molar-refractivity contribution >= 4 is 11.8 Å². The van der Waals surface area contributed by atoms with Crippen molar-refractivity contribution in [3.8, 4) is 16.9 Å². The number of anilines is 1. The van der Waals surface area contributed by atoms with Gasteiger partial charge in [0, 0.05) is 30.9 Å². The standard InChI is InChI=1S/C35H41F2N3O4/c1-3-43-35(41)25-9-14-40(15-10-25)33-17-27(6-11-38-33)31-18-29(36)19-32(37)34(31)44-20-28-5-4-26(16-23(28)2)24-7-12-39(13-8-24)30-21-42-22-30/h4-6,11,16-19,24-25,30H,3,7-10,12-15,20-22H2,1-2H3. The average Bonchev–Trinajstić information content (AvgIpc) is 3.01. The summed E-state index contributed by atoms with van der Waals surface area (Å²) >= 11 is 0. The number of rotatable bonds is 9. The van der Waals surface area contributed by atoms with Gasteiger partial charge in [0.1, 0.15) is 18.2 Å². The van der Waals surface area contributed by atoms with Crippen molar-refractivity contribution in [2.45, 2.75) is 58.1 Å². The Hall–Kier alpha value is -3.56. The molecule has 0 aliphatic carbocycles. The maximum Gasteiger partial charge on any atom is 0.309 e. The van der Waals surface area contributed by atoms with Gasteiger partial charge in [-0.2, -0.15) is 0 Å². The largest absolute Gasteiger partial charge is 0.485 e. The van der Waals surface area contributed by atoms with Gasteiger partial charge in [0.2, 0.25) is 0 Å². The molecule has 0 unspecified atom stereocenters. The van der Waals surface area contributed by atoms with Crippen LogP contribution in [0.3, 0.4) is 0 Å². The lowest BCUT2D eigenvalue weighted by atomic mass is 9.87. The molecule has 1 aromatic heterocycles. The minimum absolute atomic E-state index is 0.0143. The summed E-state index contributed by atoms with van der Waals surface area (Å²) in [6.45, 7) is 9.60. The zero-order chi connectivity index (χ0) is 30.6. The number of ether oxygens (including phenoxy) is 3. The molecule has 0 bridgehead atoms. The molecule has 3 aliphatic rings. The molecule has 3 saturated heterocycles. The van der Waals surface area contributed by atoms with Crippen LogP contribution < -0.4 is 9.64 Å². The molecular weight excluding hydrogens is 564 g/mol. The van der Waals surface area contributed by atoms with Gasteiger partial charge in [-0.15, -0.1) is 0 Å². The summed E-state index contributed by atoms with van der Waals surface area (Å²) in [5, 5.41) is 0. The Kier molecular flexibility index (Phi) is 9.42. The normalized spacial score (nSPS) is 18.7. The van der Waals surface area contributed by atoms with Crippen LogP contribution in [0.1, 0.15) is 55.2 Å². The highest BCUT2D eigenvalue weighted by atomic mass is 19.1. The van der Waals surface area contributed by atoms with Crippen LogP contribution in [0.4, 0.5) is 14.6 Å². The van der Waals surface area contributed by atoms with Crippen LogP contribution >= 0.6 is 0 Å². The fourth-order valence-electron chi connectivity index (χ4n) is 6.60. The highest BCUT2D eigenvalue weighted by Gasteiger charge is 2.30. The van der Waals surface area contributed by atoms with Crippen molar-refractivity contribution in [2.24, 2.45) is 5.92 Å². The van der Waals surface area contributed by atoms with Crippen molar-refractivity contribution in [1.29, 1.82) is 0 Å². The molecule has 3 aromatic rings. The second kappa shape index (κ2) is 13.6. The number of esters is 1. The molecule has 0 atom stereocenters. The summed E-state index contributed by atoms with van der Waals surface area (Å²) < 4.78 is 46.3. The van der Waals surface area contributed by atoms with Gasteiger partial charge in [0.05, 0.1) is 31.8 Å². The highest BCUT2D eigenvalue weighted by molar-refractivity contribution is 5.74. The molecule has 0 amide bonds. The Balaban J connectivity index is 1.14. The SMILES string of the molecule is CCOC(=O)C1CCN(c2cc(-c3cc(F)cc(F)c3OCc3ccc(C4CCN(C5COC5)CC4)cc3C)ccn2)CC1. The van der Waals surface area contributed by atoms with Crippen molar-refractivity contribution in [3.05, 3.63) is 77.0 Å². The summed E-state index contributed by atoms with van der Waals surface area (Å²) in [7, 11) is 0. The average molecular weight is 606 g/mol. The number of aromatic nitrogens is 1. The zero-order valence-electron chi connectivity index (χ0n) is 25.6. The Labute approximate surface area is 258 Å². The summed E-state index contributed by atoms with van der Waals surface area (Å²) in [6, 6.07) is 12.8. The molecule has 44 heavy (non-hydrogen) atoms. The number of piperidine rings is 2. The van der Waals surface area contributed by atoms with E-state index in [0.29, 0.717) is 61.4 Å². The van der Waals surface area contributed by atoms with Gasteiger partial charge in [-0.05, 0) is 99.0 Å². The Morgan fingerprint density at radius 1 is 1.00 bits per heavy atom. The molecule has 234 valence electrons. The number of aryl methyl sites for hydroxylation is 1. The minimum atomic E-state index is -0.744. The van der Waals surface area contributed by atoms with Gasteiger partial charge in [-0.3, -0.25) is 9.69 Å². The fourth-order valence-corrected chi connectivity index (χ4v) is 6.60. The Bertz CT molecular complexity index is 1460. The van der Waals surface area contributed by atoms with E-state index < -0.39 is 11.6 Å². The summed E-state index contributed by atoms with van der Waals surface area (Å²) in [5.41, 5.74) is 4.35. The third-order valence-electron chi connectivity index (χ3n) is 9.38. The number of nitrogens with zero attached hydrogens (tertiary/aromatic N) is 3. The second-order valence-corrected chi connectivity index (χ2v) is 12.2. The van der Waals surface area contributed by atoms with Gasteiger partial charge in [0.25, 0.3) is 0 Å². The molecule has 0 spiro atoms. The lowest BCUT2D eigenvalue weighted by molar-refractivity contribution is -0.148. The fraction of sp³-hybridized carbons (Fsp3) is 0.486. The molecular formula is C35H41F2N3O4. The first kappa shape index (κ1) is 30.5. The number of hydrogen-bond acceptors (Lipinski definition) is 7. The quantitative estimate of drug-likeness (QED) is 0.267. The van der Waals surface area contributed by atoms with Crippen molar-refractivity contribution in [1.82, 2.24) is 9.88 Å². The number of carbonyl (C=O) groups excluding carboxylic acids is 1. The molecule has 3 fully saturated rings.